The second kappa shape index (κ2) is 29.6. The Hall–Kier alpha value is -1.87. The van der Waals surface area contributed by atoms with Crippen LogP contribution in [0.3, 0.4) is 0 Å². The van der Waals surface area contributed by atoms with Gasteiger partial charge in [0.2, 0.25) is 0 Å². The van der Waals surface area contributed by atoms with Gasteiger partial charge in [0.15, 0.2) is 43.5 Å². The smallest absolute Gasteiger partial charge is 0.187 e. The van der Waals surface area contributed by atoms with Gasteiger partial charge in [-0.1, -0.05) is 45.8 Å². The van der Waals surface area contributed by atoms with E-state index in [9.17, 15) is 102 Å². The van der Waals surface area contributed by atoms with E-state index in [-0.39, 0.29) is 34.9 Å². The van der Waals surface area contributed by atoms with Gasteiger partial charge in [0.1, 0.15) is 140 Å². The second-order valence-corrected chi connectivity index (χ2v) is 29.6. The fourth-order valence-electron chi connectivity index (χ4n) is 18.6. The van der Waals surface area contributed by atoms with Crippen molar-refractivity contribution in [2.75, 3.05) is 46.2 Å². The number of Topliss-reactive ketones (excluding diaryl/α,β-unsaturated/α-hetero) is 1. The van der Waals surface area contributed by atoms with Gasteiger partial charge in [-0.25, -0.2) is 0 Å². The Morgan fingerprint density at radius 1 is 0.495 bits per heavy atom. The molecule has 7 saturated heterocycles. The number of allylic oxidation sites excluding steroid dienone is 2. The maximum Gasteiger partial charge on any atom is 0.187 e. The van der Waals surface area contributed by atoms with Gasteiger partial charge in [0, 0.05) is 17.3 Å². The number of aliphatic hydroxyl groups is 19. The first-order valence-electron chi connectivity index (χ1n) is 34.2. The number of carbonyl (C=O) groups excluding carboxylic acids is 1. The van der Waals surface area contributed by atoms with Crippen LogP contribution in [0, 0.1) is 33.5 Å². The number of rotatable bonds is 20. The first-order chi connectivity index (χ1) is 45.9. The molecular formula is C64H104O33. The molecule has 9 fully saturated rings. The fraction of sp³-hybridized carbons (Fsp3) is 0.953. The molecule has 0 aromatic heterocycles. The van der Waals surface area contributed by atoms with Crippen LogP contribution in [-0.4, -0.2) is 345 Å². The van der Waals surface area contributed by atoms with Crippen molar-refractivity contribution in [3.8, 4) is 0 Å². The van der Waals surface area contributed by atoms with Crippen molar-refractivity contribution < 1.29 is 163 Å². The highest BCUT2D eigenvalue weighted by atomic mass is 16.8. The largest absolute Gasteiger partial charge is 0.396 e. The first-order valence-corrected chi connectivity index (χ1v) is 34.2. The van der Waals surface area contributed by atoms with Crippen molar-refractivity contribution in [2.45, 2.75) is 302 Å². The van der Waals surface area contributed by atoms with Crippen LogP contribution in [0.2, 0.25) is 0 Å². The van der Waals surface area contributed by atoms with Crippen molar-refractivity contribution >= 4 is 5.78 Å². The standard InChI is InChI=1S/C64H104O33/c1-7-28(70)30-16-24(2)64(97-30)15-14-61(5)27-8-9-35-60(4,26(27)10-13-62(61,64)6)12-11-36(63(35,22-68)23-69)92-55-48(83)45(80)41(76)34(91-55)21-86-57-51(38(73)29(71)20-85-57)95-59-53(96-54-47(82)43(78)37(72)25(3)87-54)50(42(77)33(19-67)90-59)93-58-52(46(81)40(75)32(18-66)89-58)94-56-49(84)44(79)39(74)31(17-65)88-56/h24-25,29-59,65-69,71-84H,7-23H2,1-6H3/t24-,25+,29-,30+,31-,32-,33-,34-,35-,36+,37+,38-,39-,40+,41-,42-,43-,44+,45+,46+,47-,48-,49-,50+,51+,52-,53-,54+,55+,56+,57-,58+,59+,60-,61+,62+,64+/m1/s1. The monoisotopic (exact) mass is 1400 g/mol. The van der Waals surface area contributed by atoms with E-state index in [0.717, 1.165) is 25.7 Å². The zero-order chi connectivity index (χ0) is 70.5. The van der Waals surface area contributed by atoms with E-state index in [1.807, 2.05) is 6.92 Å². The molecule has 0 amide bonds. The molecule has 4 aliphatic carbocycles. The number of fused-ring (bicyclic) bond motifs is 5. The zero-order valence-corrected chi connectivity index (χ0v) is 55.3. The quantitative estimate of drug-likeness (QED) is 0.0504. The molecule has 33 heteroatoms. The van der Waals surface area contributed by atoms with Gasteiger partial charge in [-0.3, -0.25) is 4.79 Å². The minimum atomic E-state index is -2.17. The van der Waals surface area contributed by atoms with Crippen LogP contribution in [-0.2, 0) is 66.4 Å². The molecule has 11 aliphatic rings. The van der Waals surface area contributed by atoms with Crippen LogP contribution >= 0.6 is 0 Å². The Bertz CT molecular complexity index is 2700. The summed E-state index contributed by atoms with van der Waals surface area (Å²) in [4.78, 5) is 13.1. The molecule has 2 saturated carbocycles. The predicted molar refractivity (Wildman–Crippen MR) is 319 cm³/mol. The van der Waals surface area contributed by atoms with Crippen LogP contribution < -0.4 is 0 Å². The van der Waals surface area contributed by atoms with E-state index in [4.69, 9.17) is 61.6 Å². The molecule has 37 atom stereocenters. The van der Waals surface area contributed by atoms with Crippen LogP contribution in [0.1, 0.15) is 106 Å². The van der Waals surface area contributed by atoms with E-state index in [1.165, 1.54) is 18.1 Å². The summed E-state index contributed by atoms with van der Waals surface area (Å²) in [6.45, 7) is 6.75. The normalized spacial score (nSPS) is 53.2. The summed E-state index contributed by atoms with van der Waals surface area (Å²) in [7, 11) is 0. The lowest BCUT2D eigenvalue weighted by molar-refractivity contribution is -0.414. The number of ether oxygens (including phenoxy) is 13. The number of carbonyl (C=O) groups is 1. The number of aliphatic hydroxyl groups excluding tert-OH is 19. The third-order valence-corrected chi connectivity index (χ3v) is 24.7. The second-order valence-electron chi connectivity index (χ2n) is 29.6. The summed E-state index contributed by atoms with van der Waals surface area (Å²) < 4.78 is 79.6. The van der Waals surface area contributed by atoms with Gasteiger partial charge in [0.25, 0.3) is 0 Å². The van der Waals surface area contributed by atoms with E-state index >= 15 is 0 Å². The fourth-order valence-corrected chi connectivity index (χ4v) is 18.6. The highest BCUT2D eigenvalue weighted by Crippen LogP contribution is 2.75. The van der Waals surface area contributed by atoms with Crippen LogP contribution in [0.15, 0.2) is 11.1 Å². The minimum Gasteiger partial charge on any atom is -0.396 e. The van der Waals surface area contributed by atoms with Gasteiger partial charge in [-0.15, -0.1) is 0 Å². The van der Waals surface area contributed by atoms with Crippen molar-refractivity contribution in [3.05, 3.63) is 11.1 Å². The average Bonchev–Trinajstić information content (AvgIpc) is 1.53. The highest BCUT2D eigenvalue weighted by molar-refractivity contribution is 5.83. The summed E-state index contributed by atoms with van der Waals surface area (Å²) in [5, 5.41) is 211. The van der Waals surface area contributed by atoms with Gasteiger partial charge < -0.3 is 159 Å². The molecule has 0 aromatic rings. The zero-order valence-electron chi connectivity index (χ0n) is 55.3. The van der Waals surface area contributed by atoms with Crippen molar-refractivity contribution in [1.29, 1.82) is 0 Å². The van der Waals surface area contributed by atoms with Crippen molar-refractivity contribution in [1.82, 2.24) is 0 Å². The molecule has 19 N–H and O–H groups in total. The lowest BCUT2D eigenvalue weighted by atomic mass is 9.42. The highest BCUT2D eigenvalue weighted by Gasteiger charge is 2.73. The van der Waals surface area contributed by atoms with Crippen LogP contribution in [0.25, 0.3) is 0 Å². The summed E-state index contributed by atoms with van der Waals surface area (Å²) in [6, 6.07) is 0. The Morgan fingerprint density at radius 3 is 1.63 bits per heavy atom. The van der Waals surface area contributed by atoms with E-state index in [0.29, 0.717) is 32.1 Å². The molecule has 33 nitrogen and oxygen atoms in total. The number of hydrogen-bond acceptors (Lipinski definition) is 33. The van der Waals surface area contributed by atoms with E-state index < -0.39 is 253 Å². The van der Waals surface area contributed by atoms with Gasteiger partial charge in [0.05, 0.1) is 64.1 Å². The average molecular weight is 1400 g/mol. The minimum absolute atomic E-state index is 0.116. The predicted octanol–water partition coefficient (Wildman–Crippen LogP) is -6.82. The third-order valence-electron chi connectivity index (χ3n) is 24.7. The molecule has 0 unspecified atom stereocenters. The molecule has 11 rings (SSSR count). The van der Waals surface area contributed by atoms with Gasteiger partial charge >= 0.3 is 0 Å². The lowest BCUT2D eigenvalue weighted by Crippen LogP contribution is -2.69. The molecule has 1 spiro atoms. The molecule has 0 aromatic carbocycles. The molecule has 97 heavy (non-hydrogen) atoms. The molecule has 0 bridgehead atoms. The van der Waals surface area contributed by atoms with Crippen molar-refractivity contribution in [3.63, 3.8) is 0 Å². The van der Waals surface area contributed by atoms with E-state index in [2.05, 4.69) is 27.7 Å². The number of hydrogen-bond donors (Lipinski definition) is 19. The molecular weight excluding hydrogens is 1300 g/mol. The first kappa shape index (κ1) is 76.3. The lowest BCUT2D eigenvalue weighted by Gasteiger charge is -2.64. The molecule has 558 valence electrons. The maximum atomic E-state index is 13.1. The van der Waals surface area contributed by atoms with Gasteiger partial charge in [-0.2, -0.15) is 0 Å². The summed E-state index contributed by atoms with van der Waals surface area (Å²) in [5.74, 6) is -0.0668. The molecule has 0 radical (unpaired) electrons. The molecule has 7 heterocycles. The van der Waals surface area contributed by atoms with Crippen LogP contribution in [0.4, 0.5) is 0 Å². The Kier molecular flexibility index (Phi) is 23.3. The van der Waals surface area contributed by atoms with E-state index in [1.54, 1.807) is 0 Å². The number of ketones is 1. The van der Waals surface area contributed by atoms with Gasteiger partial charge in [-0.05, 0) is 87.4 Å². The Labute approximate surface area is 560 Å². The Morgan fingerprint density at radius 2 is 1.01 bits per heavy atom. The van der Waals surface area contributed by atoms with Crippen LogP contribution in [0.5, 0.6) is 0 Å². The maximum absolute atomic E-state index is 13.1. The Balaban J connectivity index is 0.830. The molecule has 7 aliphatic heterocycles. The topological polar surface area (TPSA) is 521 Å². The summed E-state index contributed by atoms with van der Waals surface area (Å²) in [6.07, 6.45) is -51.0. The summed E-state index contributed by atoms with van der Waals surface area (Å²) in [5.41, 5.74) is -0.206. The van der Waals surface area contributed by atoms with Crippen molar-refractivity contribution in [2.24, 2.45) is 33.5 Å². The third kappa shape index (κ3) is 12.9. The summed E-state index contributed by atoms with van der Waals surface area (Å²) >= 11 is 0. The SMILES string of the molecule is CCC(=O)[C@@H]1C[C@@H](C)[C@]2(CC[C@@]3(C)C4=C(CC[C@@]32C)[C@@]2(C)CC[C@H](O[C@@H]3O[C@H](CO[C@H]5OC[C@@H](O)[C@@H](O)[C@@H]5O[C@@H]5O[C@H](CO)[C@@H](O)[C@H](O[C@@H]6O[C@H](CO)[C@H](O)[C@H](O)[C@H]6O[C@@H]6O[C@H](CO)[C@@H](O)[C@H](O)[C@H]6O)[C@H]5O[C@@H]5O[C@@H](C)[C@H](O)[C@@H](O)[C@H]5O)[C@@H](O)[C@H](O)[C@H]3O)C(CO)(CO)[C@@H]2CC4)O1.